The lowest BCUT2D eigenvalue weighted by atomic mass is 9.85. The third-order valence-electron chi connectivity index (χ3n) is 4.00. The first-order valence-electron chi connectivity index (χ1n) is 7.37. The number of anilines is 1. The number of benzene rings is 1. The van der Waals surface area contributed by atoms with Crippen molar-refractivity contribution in [3.05, 3.63) is 62.2 Å². The normalized spacial score (nSPS) is 18.8. The fourth-order valence-electron chi connectivity index (χ4n) is 2.43. The van der Waals surface area contributed by atoms with Crippen LogP contribution < -0.4 is 5.43 Å². The van der Waals surface area contributed by atoms with Crippen molar-refractivity contribution in [2.75, 3.05) is 5.43 Å². The highest BCUT2D eigenvalue weighted by Gasteiger charge is 2.21. The second-order valence-electron chi connectivity index (χ2n) is 5.76. The number of non-ortho nitro benzene ring substituents is 1. The third kappa shape index (κ3) is 3.83. The minimum absolute atomic E-state index is 0.114. The topological polar surface area (TPSA) is 111 Å². The Balaban J connectivity index is 2.29. The minimum atomic E-state index is -0.672. The molecule has 0 unspecified atom stereocenters. The Kier molecular flexibility index (Phi) is 5.08. The molecule has 126 valence electrons. The quantitative estimate of drug-likeness (QED) is 0.494. The van der Waals surface area contributed by atoms with Gasteiger partial charge in [0.2, 0.25) is 0 Å². The Bertz CT molecular complexity index is 767. The lowest BCUT2D eigenvalue weighted by Gasteiger charge is -2.22. The van der Waals surface area contributed by atoms with Crippen molar-refractivity contribution in [3.8, 4) is 0 Å². The van der Waals surface area contributed by atoms with Gasteiger partial charge in [-0.15, -0.1) is 0 Å². The molecule has 1 aliphatic rings. The zero-order chi connectivity index (χ0) is 17.9. The highest BCUT2D eigenvalue weighted by molar-refractivity contribution is 6.01. The summed E-state index contributed by atoms with van der Waals surface area (Å²) in [7, 11) is 0. The van der Waals surface area contributed by atoms with Crippen LogP contribution in [0.25, 0.3) is 0 Å². The second kappa shape index (κ2) is 7.03. The van der Waals surface area contributed by atoms with Crippen LogP contribution in [-0.4, -0.2) is 15.6 Å². The van der Waals surface area contributed by atoms with E-state index < -0.39 is 9.85 Å². The van der Waals surface area contributed by atoms with Crippen LogP contribution in [0.2, 0.25) is 0 Å². The van der Waals surface area contributed by atoms with Gasteiger partial charge in [-0.2, -0.15) is 5.10 Å². The Hall–Kier alpha value is -3.03. The van der Waals surface area contributed by atoms with E-state index in [0.29, 0.717) is 12.3 Å². The van der Waals surface area contributed by atoms with Crippen LogP contribution in [0.4, 0.5) is 17.1 Å². The van der Waals surface area contributed by atoms with Crippen molar-refractivity contribution >= 4 is 22.8 Å². The average molecular weight is 330 g/mol. The van der Waals surface area contributed by atoms with Gasteiger partial charge in [0.1, 0.15) is 5.69 Å². The SMILES string of the molecule is C=C(C)[C@@H]1CC=C(C)/C(=N\Nc2ccc([N+](=O)[O-])cc2[N+](=O)[O-])C1. The van der Waals surface area contributed by atoms with Crippen LogP contribution in [0, 0.1) is 26.1 Å². The smallest absolute Gasteiger partial charge is 0.271 e. The van der Waals surface area contributed by atoms with E-state index in [2.05, 4.69) is 23.2 Å². The van der Waals surface area contributed by atoms with Gasteiger partial charge in [0.15, 0.2) is 0 Å². The predicted octanol–water partition coefficient (Wildman–Crippen LogP) is 4.20. The zero-order valence-electron chi connectivity index (χ0n) is 13.5. The van der Waals surface area contributed by atoms with E-state index in [4.69, 9.17) is 0 Å². The summed E-state index contributed by atoms with van der Waals surface area (Å²) in [6, 6.07) is 3.41. The number of nitrogens with zero attached hydrogens (tertiary/aromatic N) is 3. The van der Waals surface area contributed by atoms with Crippen LogP contribution >= 0.6 is 0 Å². The number of hydrogen-bond donors (Lipinski definition) is 1. The summed E-state index contributed by atoms with van der Waals surface area (Å²) >= 11 is 0. The molecular formula is C16H18N4O4. The largest absolute Gasteiger partial charge is 0.301 e. The van der Waals surface area contributed by atoms with Gasteiger partial charge >= 0.3 is 5.69 Å². The summed E-state index contributed by atoms with van der Waals surface area (Å²) in [5, 5.41) is 26.1. The molecule has 0 heterocycles. The number of nitro benzene ring substituents is 2. The highest BCUT2D eigenvalue weighted by Crippen LogP contribution is 2.30. The van der Waals surface area contributed by atoms with Crippen molar-refractivity contribution in [1.82, 2.24) is 0 Å². The van der Waals surface area contributed by atoms with Gasteiger partial charge < -0.3 is 0 Å². The monoisotopic (exact) mass is 330 g/mol. The maximum Gasteiger partial charge on any atom is 0.301 e. The fourth-order valence-corrected chi connectivity index (χ4v) is 2.43. The van der Waals surface area contributed by atoms with Crippen LogP contribution in [-0.2, 0) is 0 Å². The Morgan fingerprint density at radius 3 is 2.62 bits per heavy atom. The van der Waals surface area contributed by atoms with Crippen molar-refractivity contribution in [2.24, 2.45) is 11.0 Å². The molecule has 0 aromatic heterocycles. The van der Waals surface area contributed by atoms with Gasteiger partial charge in [-0.1, -0.05) is 18.2 Å². The number of hydrazone groups is 1. The number of allylic oxidation sites excluding steroid dienone is 3. The summed E-state index contributed by atoms with van der Waals surface area (Å²) < 4.78 is 0. The number of hydrogen-bond acceptors (Lipinski definition) is 6. The van der Waals surface area contributed by atoms with E-state index in [9.17, 15) is 20.2 Å². The van der Waals surface area contributed by atoms with Crippen LogP contribution in [0.1, 0.15) is 26.7 Å². The molecular weight excluding hydrogens is 312 g/mol. The first-order chi connectivity index (χ1) is 11.3. The molecule has 0 saturated heterocycles. The number of nitrogens with one attached hydrogen (secondary N) is 1. The summed E-state index contributed by atoms with van der Waals surface area (Å²) in [4.78, 5) is 20.5. The van der Waals surface area contributed by atoms with E-state index >= 15 is 0 Å². The molecule has 24 heavy (non-hydrogen) atoms. The van der Waals surface area contributed by atoms with Gasteiger partial charge in [-0.05, 0) is 44.2 Å². The number of rotatable bonds is 5. The molecule has 0 radical (unpaired) electrons. The Morgan fingerprint density at radius 2 is 2.04 bits per heavy atom. The molecule has 1 aromatic carbocycles. The van der Waals surface area contributed by atoms with E-state index in [-0.39, 0.29) is 17.1 Å². The molecule has 0 fully saturated rings. The van der Waals surface area contributed by atoms with Crippen molar-refractivity contribution in [1.29, 1.82) is 0 Å². The van der Waals surface area contributed by atoms with Crippen molar-refractivity contribution in [2.45, 2.75) is 26.7 Å². The Morgan fingerprint density at radius 1 is 1.33 bits per heavy atom. The molecule has 1 N–H and O–H groups in total. The van der Waals surface area contributed by atoms with Crippen LogP contribution in [0.15, 0.2) is 47.1 Å². The third-order valence-corrected chi connectivity index (χ3v) is 4.00. The fraction of sp³-hybridized carbons (Fsp3) is 0.312. The van der Waals surface area contributed by atoms with E-state index in [1.165, 1.54) is 12.1 Å². The molecule has 1 atom stereocenters. The molecule has 1 aliphatic carbocycles. The van der Waals surface area contributed by atoms with Crippen molar-refractivity contribution < 1.29 is 9.85 Å². The summed E-state index contributed by atoms with van der Waals surface area (Å²) in [5.74, 6) is 0.293. The molecule has 1 aromatic rings. The predicted molar refractivity (Wildman–Crippen MR) is 92.1 cm³/mol. The molecule has 0 saturated carbocycles. The lowest BCUT2D eigenvalue weighted by Crippen LogP contribution is -2.16. The maximum atomic E-state index is 11.1. The van der Waals surface area contributed by atoms with E-state index in [1.807, 2.05) is 13.8 Å². The second-order valence-corrected chi connectivity index (χ2v) is 5.76. The molecule has 0 spiro atoms. The van der Waals surface area contributed by atoms with Gasteiger partial charge in [0.25, 0.3) is 5.69 Å². The summed E-state index contributed by atoms with van der Waals surface area (Å²) in [6.45, 7) is 7.86. The zero-order valence-corrected chi connectivity index (χ0v) is 13.5. The molecule has 0 bridgehead atoms. The van der Waals surface area contributed by atoms with Gasteiger partial charge in [-0.3, -0.25) is 25.7 Å². The van der Waals surface area contributed by atoms with Gasteiger partial charge in [0.05, 0.1) is 21.6 Å². The highest BCUT2D eigenvalue weighted by atomic mass is 16.6. The molecule has 8 heteroatoms. The molecule has 0 amide bonds. The number of nitro groups is 2. The molecule has 8 nitrogen and oxygen atoms in total. The van der Waals surface area contributed by atoms with E-state index in [1.54, 1.807) is 0 Å². The lowest BCUT2D eigenvalue weighted by molar-refractivity contribution is -0.393. The molecule has 2 rings (SSSR count). The first kappa shape index (κ1) is 17.3. The van der Waals surface area contributed by atoms with Crippen molar-refractivity contribution in [3.63, 3.8) is 0 Å². The molecule has 0 aliphatic heterocycles. The van der Waals surface area contributed by atoms with Crippen LogP contribution in [0.3, 0.4) is 0 Å². The van der Waals surface area contributed by atoms with Gasteiger partial charge in [-0.25, -0.2) is 0 Å². The van der Waals surface area contributed by atoms with Gasteiger partial charge in [0, 0.05) is 6.07 Å². The minimum Gasteiger partial charge on any atom is -0.271 e. The Labute approximate surface area is 138 Å². The maximum absolute atomic E-state index is 11.1. The average Bonchev–Trinajstić information content (AvgIpc) is 2.53. The summed E-state index contributed by atoms with van der Waals surface area (Å²) in [6.07, 6.45) is 3.66. The van der Waals surface area contributed by atoms with E-state index in [0.717, 1.165) is 29.3 Å². The standard InChI is InChI=1S/C16H18N4O4/c1-10(2)12-5-4-11(3)15(8-12)18-17-14-7-6-13(19(21)22)9-16(14)20(23)24/h4,6-7,9,12,17H,1,5,8H2,2-3H3/b18-15-/t12-/m1/s1. The van der Waals surface area contributed by atoms with Crippen LogP contribution in [0.5, 0.6) is 0 Å². The summed E-state index contributed by atoms with van der Waals surface area (Å²) in [5.41, 5.74) is 4.92. The first-order valence-corrected chi connectivity index (χ1v) is 7.37.